The number of ether oxygens (including phenoxy) is 1. The number of amides is 1. The maximum atomic E-state index is 12.9. The van der Waals surface area contributed by atoms with Crippen LogP contribution in [-0.2, 0) is 11.2 Å². The van der Waals surface area contributed by atoms with Gasteiger partial charge in [0.25, 0.3) is 0 Å². The number of carbonyl (C=O) groups excluding carboxylic acids is 2. The van der Waals surface area contributed by atoms with E-state index in [-0.39, 0.29) is 18.1 Å². The van der Waals surface area contributed by atoms with E-state index in [0.717, 1.165) is 37.0 Å². The first kappa shape index (κ1) is 19.6. The van der Waals surface area contributed by atoms with Crippen LogP contribution >= 0.6 is 11.3 Å². The fourth-order valence-electron chi connectivity index (χ4n) is 3.85. The first-order valence-corrected chi connectivity index (χ1v) is 10.7. The minimum atomic E-state index is -0.0157. The van der Waals surface area contributed by atoms with E-state index in [2.05, 4.69) is 12.1 Å². The van der Waals surface area contributed by atoms with Gasteiger partial charge in [-0.05, 0) is 50.1 Å². The molecule has 0 saturated carbocycles. The van der Waals surface area contributed by atoms with Crippen LogP contribution < -0.4 is 4.74 Å². The smallest absolute Gasteiger partial charge is 0.227 e. The number of likely N-dealkylation sites (tertiary alicyclic amines) is 1. The summed E-state index contributed by atoms with van der Waals surface area (Å²) in [5.74, 6) is 1.12. The Bertz CT molecular complexity index is 1020. The van der Waals surface area contributed by atoms with Crippen molar-refractivity contribution in [1.29, 1.82) is 0 Å². The molecule has 0 atom stereocenters. The van der Waals surface area contributed by atoms with E-state index in [1.54, 1.807) is 36.6 Å². The van der Waals surface area contributed by atoms with Crippen LogP contribution in [0.15, 0.2) is 42.5 Å². The number of fused-ring (bicyclic) bond motifs is 1. The second-order valence-electron chi connectivity index (χ2n) is 7.43. The van der Waals surface area contributed by atoms with E-state index in [0.29, 0.717) is 17.2 Å². The molecule has 2 aromatic carbocycles. The fourth-order valence-corrected chi connectivity index (χ4v) is 4.99. The van der Waals surface area contributed by atoms with Crippen molar-refractivity contribution in [3.63, 3.8) is 0 Å². The third-order valence-electron chi connectivity index (χ3n) is 5.54. The summed E-state index contributed by atoms with van der Waals surface area (Å²) >= 11 is 1.76. The summed E-state index contributed by atoms with van der Waals surface area (Å²) < 4.78 is 6.60. The minimum Gasteiger partial charge on any atom is -0.496 e. The molecule has 150 valence electrons. The van der Waals surface area contributed by atoms with Gasteiger partial charge in [0.05, 0.1) is 28.8 Å². The molecule has 1 aromatic heterocycles. The average molecular weight is 409 g/mol. The number of rotatable bonds is 5. The number of benzene rings is 2. The zero-order valence-electron chi connectivity index (χ0n) is 16.7. The summed E-state index contributed by atoms with van der Waals surface area (Å²) in [6, 6.07) is 13.5. The van der Waals surface area contributed by atoms with E-state index in [9.17, 15) is 9.59 Å². The number of aromatic nitrogens is 1. The van der Waals surface area contributed by atoms with Crippen LogP contribution in [0.5, 0.6) is 5.75 Å². The van der Waals surface area contributed by atoms with Crippen LogP contribution in [-0.4, -0.2) is 41.8 Å². The predicted molar refractivity (Wildman–Crippen MR) is 115 cm³/mol. The predicted octanol–water partition coefficient (Wildman–Crippen LogP) is 4.46. The Balaban J connectivity index is 1.41. The highest BCUT2D eigenvalue weighted by atomic mass is 32.1. The third-order valence-corrected chi connectivity index (χ3v) is 6.73. The van der Waals surface area contributed by atoms with Gasteiger partial charge in [-0.25, -0.2) is 4.98 Å². The van der Waals surface area contributed by atoms with Crippen molar-refractivity contribution in [2.75, 3.05) is 20.2 Å². The number of hydrogen-bond acceptors (Lipinski definition) is 5. The molecule has 2 heterocycles. The summed E-state index contributed by atoms with van der Waals surface area (Å²) in [6.07, 6.45) is 2.10. The van der Waals surface area contributed by atoms with Crippen molar-refractivity contribution in [1.82, 2.24) is 9.88 Å². The number of nitrogens with zero attached hydrogens (tertiary/aromatic N) is 2. The van der Waals surface area contributed by atoms with E-state index < -0.39 is 0 Å². The molecular weight excluding hydrogens is 384 g/mol. The van der Waals surface area contributed by atoms with Crippen LogP contribution in [0.4, 0.5) is 0 Å². The van der Waals surface area contributed by atoms with Gasteiger partial charge >= 0.3 is 0 Å². The van der Waals surface area contributed by atoms with Crippen molar-refractivity contribution in [2.45, 2.75) is 32.1 Å². The van der Waals surface area contributed by atoms with Gasteiger partial charge in [-0.2, -0.15) is 0 Å². The van der Waals surface area contributed by atoms with Gasteiger partial charge in [0.2, 0.25) is 5.91 Å². The van der Waals surface area contributed by atoms with Crippen molar-refractivity contribution < 1.29 is 14.3 Å². The Labute approximate surface area is 174 Å². The molecular formula is C23H24N2O3S. The first-order valence-electron chi connectivity index (χ1n) is 9.86. The normalized spacial score (nSPS) is 14.9. The van der Waals surface area contributed by atoms with Crippen LogP contribution in [0.1, 0.15) is 46.6 Å². The molecule has 3 aromatic rings. The first-order chi connectivity index (χ1) is 14.0. The van der Waals surface area contributed by atoms with Crippen molar-refractivity contribution in [3.8, 4) is 5.75 Å². The fraction of sp³-hybridized carbons (Fsp3) is 0.348. The molecule has 0 radical (unpaired) electrons. The van der Waals surface area contributed by atoms with Gasteiger partial charge in [0.15, 0.2) is 5.78 Å². The molecule has 1 amide bonds. The van der Waals surface area contributed by atoms with Crippen LogP contribution in [0.2, 0.25) is 0 Å². The molecule has 29 heavy (non-hydrogen) atoms. The summed E-state index contributed by atoms with van der Waals surface area (Å²) in [5, 5.41) is 1.18. The monoisotopic (exact) mass is 408 g/mol. The lowest BCUT2D eigenvalue weighted by Crippen LogP contribution is -2.38. The second-order valence-corrected chi connectivity index (χ2v) is 8.50. The van der Waals surface area contributed by atoms with Crippen LogP contribution in [0.25, 0.3) is 10.2 Å². The van der Waals surface area contributed by atoms with E-state index in [4.69, 9.17) is 9.72 Å². The summed E-state index contributed by atoms with van der Waals surface area (Å²) in [4.78, 5) is 31.3. The standard InChI is InChI=1S/C23H24N2O3S/c1-15(26)17-7-8-20(28-2)18(13-17)14-22(27)25-11-9-16(10-12-25)23-24-19-5-3-4-6-21(19)29-23/h3-8,13,16H,9-12,14H2,1-2H3. The number of methoxy groups -OCH3 is 1. The Hall–Kier alpha value is -2.73. The quantitative estimate of drug-likeness (QED) is 0.585. The summed E-state index contributed by atoms with van der Waals surface area (Å²) in [6.45, 7) is 2.99. The minimum absolute atomic E-state index is 0.0157. The molecule has 6 heteroatoms. The summed E-state index contributed by atoms with van der Waals surface area (Å²) in [5.41, 5.74) is 2.42. The van der Waals surface area contributed by atoms with Gasteiger partial charge in [-0.1, -0.05) is 12.1 Å². The molecule has 1 saturated heterocycles. The number of thiazole rings is 1. The molecule has 0 spiro atoms. The number of piperidine rings is 1. The Morgan fingerprint density at radius 1 is 1.17 bits per heavy atom. The maximum Gasteiger partial charge on any atom is 0.227 e. The number of para-hydroxylation sites is 1. The van der Waals surface area contributed by atoms with Crippen LogP contribution in [0, 0.1) is 0 Å². The number of Topliss-reactive ketones (excluding diaryl/α,β-unsaturated/α-hetero) is 1. The van der Waals surface area contributed by atoms with Crippen molar-refractivity contribution in [2.24, 2.45) is 0 Å². The molecule has 0 aliphatic carbocycles. The summed E-state index contributed by atoms with van der Waals surface area (Å²) in [7, 11) is 1.58. The van der Waals surface area contributed by atoms with E-state index in [1.165, 1.54) is 16.6 Å². The second kappa shape index (κ2) is 8.33. The Morgan fingerprint density at radius 3 is 2.62 bits per heavy atom. The highest BCUT2D eigenvalue weighted by Gasteiger charge is 2.26. The molecule has 1 fully saturated rings. The topological polar surface area (TPSA) is 59.5 Å². The lowest BCUT2D eigenvalue weighted by atomic mass is 9.96. The highest BCUT2D eigenvalue weighted by molar-refractivity contribution is 7.18. The number of ketones is 1. The lowest BCUT2D eigenvalue weighted by molar-refractivity contribution is -0.131. The van der Waals surface area contributed by atoms with Crippen molar-refractivity contribution >= 4 is 33.2 Å². The number of carbonyl (C=O) groups is 2. The molecule has 1 aliphatic heterocycles. The molecule has 0 unspecified atom stereocenters. The van der Waals surface area contributed by atoms with E-state index in [1.807, 2.05) is 17.0 Å². The molecule has 0 N–H and O–H groups in total. The number of hydrogen-bond donors (Lipinski definition) is 0. The Morgan fingerprint density at radius 2 is 1.93 bits per heavy atom. The van der Waals surface area contributed by atoms with Gasteiger partial charge in [0.1, 0.15) is 5.75 Å². The maximum absolute atomic E-state index is 12.9. The van der Waals surface area contributed by atoms with E-state index >= 15 is 0 Å². The van der Waals surface area contributed by atoms with Gasteiger partial charge in [-0.3, -0.25) is 9.59 Å². The molecule has 0 bridgehead atoms. The van der Waals surface area contributed by atoms with Crippen LogP contribution in [0.3, 0.4) is 0 Å². The largest absolute Gasteiger partial charge is 0.496 e. The highest BCUT2D eigenvalue weighted by Crippen LogP contribution is 2.34. The van der Waals surface area contributed by atoms with Crippen molar-refractivity contribution in [3.05, 3.63) is 58.6 Å². The lowest BCUT2D eigenvalue weighted by Gasteiger charge is -2.31. The molecule has 1 aliphatic rings. The zero-order valence-corrected chi connectivity index (χ0v) is 17.5. The zero-order chi connectivity index (χ0) is 20.4. The average Bonchev–Trinajstić information content (AvgIpc) is 3.18. The van der Waals surface area contributed by atoms with Gasteiger partial charge in [-0.15, -0.1) is 11.3 Å². The third kappa shape index (κ3) is 4.17. The van der Waals surface area contributed by atoms with Gasteiger partial charge < -0.3 is 9.64 Å². The molecule has 4 rings (SSSR count). The molecule has 5 nitrogen and oxygen atoms in total. The Kier molecular flexibility index (Phi) is 5.62. The van der Waals surface area contributed by atoms with Gasteiger partial charge in [0, 0.05) is 30.1 Å². The SMILES string of the molecule is COc1ccc(C(C)=O)cc1CC(=O)N1CCC(c2nc3ccccc3s2)CC1.